The number of hydrogen-bond donors (Lipinski definition) is 2. The van der Waals surface area contributed by atoms with Crippen LogP contribution in [-0.2, 0) is 17.4 Å². The van der Waals surface area contributed by atoms with Gasteiger partial charge in [-0.15, -0.1) is 12.4 Å². The summed E-state index contributed by atoms with van der Waals surface area (Å²) < 4.78 is 52.5. The molecule has 2 N–H and O–H groups in total. The standard InChI is InChI=1S/C20H23F4N5O.ClH/c1-3-4-13-10-18(29-8-7-15(11-29)25-12(2)30)28-19(26-13)27-14-5-6-17(21)16(9-14)20(22,23)24;/h5-6,9-10,15H,3-4,7-8,11H2,1-2H3,(H,25,30)(H,26,27,28);1H/t15-;/m0./s1. The summed E-state index contributed by atoms with van der Waals surface area (Å²) in [6, 6.07) is 4.53. The van der Waals surface area contributed by atoms with Crippen LogP contribution in [0.15, 0.2) is 24.3 Å². The topological polar surface area (TPSA) is 70.2 Å². The van der Waals surface area contributed by atoms with Gasteiger partial charge in [0.2, 0.25) is 11.9 Å². The minimum atomic E-state index is -4.80. The molecule has 1 fully saturated rings. The second-order valence-corrected chi connectivity index (χ2v) is 7.24. The first-order valence-electron chi connectivity index (χ1n) is 9.69. The van der Waals surface area contributed by atoms with Gasteiger partial charge in [-0.2, -0.15) is 18.2 Å². The summed E-state index contributed by atoms with van der Waals surface area (Å²) in [5.41, 5.74) is -0.567. The van der Waals surface area contributed by atoms with E-state index in [9.17, 15) is 22.4 Å². The van der Waals surface area contributed by atoms with Crippen LogP contribution < -0.4 is 15.5 Å². The Kier molecular flexibility index (Phi) is 8.05. The van der Waals surface area contributed by atoms with E-state index in [1.165, 1.54) is 13.0 Å². The van der Waals surface area contributed by atoms with E-state index >= 15 is 0 Å². The molecule has 0 aliphatic carbocycles. The maximum absolute atomic E-state index is 13.5. The van der Waals surface area contributed by atoms with E-state index in [0.29, 0.717) is 31.4 Å². The number of aromatic nitrogens is 2. The molecule has 11 heteroatoms. The average Bonchev–Trinajstić information content (AvgIpc) is 3.10. The van der Waals surface area contributed by atoms with Crippen molar-refractivity contribution in [3.05, 3.63) is 41.3 Å². The van der Waals surface area contributed by atoms with E-state index in [2.05, 4.69) is 20.6 Å². The number of nitrogens with one attached hydrogen (secondary N) is 2. The molecule has 170 valence electrons. The van der Waals surface area contributed by atoms with Gasteiger partial charge < -0.3 is 15.5 Å². The molecule has 1 aromatic heterocycles. The van der Waals surface area contributed by atoms with Gasteiger partial charge >= 0.3 is 6.18 Å². The van der Waals surface area contributed by atoms with Gasteiger partial charge in [-0.05, 0) is 31.0 Å². The highest BCUT2D eigenvalue weighted by molar-refractivity contribution is 5.85. The zero-order chi connectivity index (χ0) is 21.9. The first-order chi connectivity index (χ1) is 14.2. The number of halogens is 5. The maximum Gasteiger partial charge on any atom is 0.419 e. The normalized spacial score (nSPS) is 16.1. The van der Waals surface area contributed by atoms with Crippen LogP contribution in [0.4, 0.5) is 35.0 Å². The number of benzene rings is 1. The molecule has 1 aromatic carbocycles. The molecule has 0 spiro atoms. The molecule has 0 bridgehead atoms. The number of nitrogens with zero attached hydrogens (tertiary/aromatic N) is 3. The van der Waals surface area contributed by atoms with E-state index in [0.717, 1.165) is 24.6 Å². The molecule has 3 rings (SSSR count). The van der Waals surface area contributed by atoms with Crippen LogP contribution in [0.2, 0.25) is 0 Å². The van der Waals surface area contributed by atoms with Gasteiger partial charge in [-0.25, -0.2) is 9.37 Å². The van der Waals surface area contributed by atoms with Gasteiger partial charge in [-0.1, -0.05) is 13.3 Å². The largest absolute Gasteiger partial charge is 0.419 e. The number of hydrogen-bond acceptors (Lipinski definition) is 5. The van der Waals surface area contributed by atoms with Crippen molar-refractivity contribution >= 4 is 35.8 Å². The summed E-state index contributed by atoms with van der Waals surface area (Å²) in [6.07, 6.45) is -2.53. The molecule has 0 radical (unpaired) electrons. The third-order valence-electron chi connectivity index (χ3n) is 4.72. The van der Waals surface area contributed by atoms with Crippen molar-refractivity contribution in [2.45, 2.75) is 45.3 Å². The lowest BCUT2D eigenvalue weighted by Crippen LogP contribution is -2.35. The molecule has 1 saturated heterocycles. The van der Waals surface area contributed by atoms with E-state index < -0.39 is 17.6 Å². The highest BCUT2D eigenvalue weighted by Crippen LogP contribution is 2.33. The Hall–Kier alpha value is -2.62. The number of carbonyl (C=O) groups excluding carboxylic acids is 1. The molecule has 1 aliphatic rings. The van der Waals surface area contributed by atoms with Crippen LogP contribution >= 0.6 is 12.4 Å². The van der Waals surface area contributed by atoms with E-state index in [-0.39, 0.29) is 36.0 Å². The Bertz CT molecular complexity index is 925. The van der Waals surface area contributed by atoms with Crippen molar-refractivity contribution in [3.63, 3.8) is 0 Å². The Labute approximate surface area is 183 Å². The minimum Gasteiger partial charge on any atom is -0.354 e. The van der Waals surface area contributed by atoms with Crippen LogP contribution in [0.25, 0.3) is 0 Å². The molecule has 0 saturated carbocycles. The smallest absolute Gasteiger partial charge is 0.354 e. The Balaban J connectivity index is 0.00000341. The predicted molar refractivity (Wildman–Crippen MR) is 112 cm³/mol. The second kappa shape index (κ2) is 10.1. The third kappa shape index (κ3) is 6.43. The maximum atomic E-state index is 13.5. The zero-order valence-electron chi connectivity index (χ0n) is 17.1. The number of rotatable bonds is 6. The van der Waals surface area contributed by atoms with E-state index in [4.69, 9.17) is 0 Å². The number of anilines is 3. The van der Waals surface area contributed by atoms with Gasteiger partial charge in [-0.3, -0.25) is 4.79 Å². The van der Waals surface area contributed by atoms with Gasteiger partial charge in [0.05, 0.1) is 5.56 Å². The number of carbonyl (C=O) groups is 1. The fraction of sp³-hybridized carbons (Fsp3) is 0.450. The lowest BCUT2D eigenvalue weighted by molar-refractivity contribution is -0.140. The number of alkyl halides is 3. The molecule has 2 aromatic rings. The first kappa shape index (κ1) is 24.6. The number of aryl methyl sites for hydroxylation is 1. The SMILES string of the molecule is CCCc1cc(N2CC[C@H](NC(C)=O)C2)nc(Nc2ccc(F)c(C(F)(F)F)c2)n1.Cl. The van der Waals surface area contributed by atoms with Crippen LogP contribution in [-0.4, -0.2) is 35.0 Å². The van der Waals surface area contributed by atoms with Gasteiger partial charge in [0, 0.05) is 43.5 Å². The molecule has 1 amide bonds. The molecule has 31 heavy (non-hydrogen) atoms. The first-order valence-corrected chi connectivity index (χ1v) is 9.69. The van der Waals surface area contributed by atoms with Gasteiger partial charge in [0.1, 0.15) is 11.6 Å². The minimum absolute atomic E-state index is 0. The summed E-state index contributed by atoms with van der Waals surface area (Å²) in [4.78, 5) is 22.1. The van der Waals surface area contributed by atoms with Gasteiger partial charge in [0.15, 0.2) is 0 Å². The number of amides is 1. The molecule has 1 aliphatic heterocycles. The summed E-state index contributed by atoms with van der Waals surface area (Å²) in [7, 11) is 0. The van der Waals surface area contributed by atoms with Crippen molar-refractivity contribution in [1.29, 1.82) is 0 Å². The van der Waals surface area contributed by atoms with Crippen LogP contribution in [0.1, 0.15) is 37.9 Å². The van der Waals surface area contributed by atoms with Crippen LogP contribution in [0, 0.1) is 5.82 Å². The van der Waals surface area contributed by atoms with Crippen molar-refractivity contribution in [2.75, 3.05) is 23.3 Å². The fourth-order valence-corrected chi connectivity index (χ4v) is 3.41. The molecular weight excluding hydrogens is 438 g/mol. The third-order valence-corrected chi connectivity index (χ3v) is 4.72. The van der Waals surface area contributed by atoms with Crippen molar-refractivity contribution in [3.8, 4) is 0 Å². The monoisotopic (exact) mass is 461 g/mol. The summed E-state index contributed by atoms with van der Waals surface area (Å²) in [5.74, 6) is -0.675. The molecule has 2 heterocycles. The lowest BCUT2D eigenvalue weighted by atomic mass is 10.2. The van der Waals surface area contributed by atoms with E-state index in [1.54, 1.807) is 0 Å². The second-order valence-electron chi connectivity index (χ2n) is 7.24. The Morgan fingerprint density at radius 3 is 2.65 bits per heavy atom. The fourth-order valence-electron chi connectivity index (χ4n) is 3.41. The summed E-state index contributed by atoms with van der Waals surface area (Å²) >= 11 is 0. The van der Waals surface area contributed by atoms with E-state index in [1.807, 2.05) is 17.9 Å². The molecular formula is C20H24ClF4N5O. The zero-order valence-corrected chi connectivity index (χ0v) is 17.9. The van der Waals surface area contributed by atoms with Crippen LogP contribution in [0.5, 0.6) is 0 Å². The van der Waals surface area contributed by atoms with Crippen molar-refractivity contribution < 1.29 is 22.4 Å². The van der Waals surface area contributed by atoms with Crippen molar-refractivity contribution in [1.82, 2.24) is 15.3 Å². The predicted octanol–water partition coefficient (Wildman–Crippen LogP) is 4.47. The Morgan fingerprint density at radius 1 is 1.26 bits per heavy atom. The summed E-state index contributed by atoms with van der Waals surface area (Å²) in [6.45, 7) is 4.72. The van der Waals surface area contributed by atoms with Gasteiger partial charge in [0.25, 0.3) is 0 Å². The Morgan fingerprint density at radius 2 is 2.00 bits per heavy atom. The lowest BCUT2D eigenvalue weighted by Gasteiger charge is -2.20. The summed E-state index contributed by atoms with van der Waals surface area (Å²) in [5, 5.41) is 5.64. The quantitative estimate of drug-likeness (QED) is 0.621. The molecule has 6 nitrogen and oxygen atoms in total. The molecule has 1 atom stereocenters. The molecule has 0 unspecified atom stereocenters. The van der Waals surface area contributed by atoms with Crippen LogP contribution in [0.3, 0.4) is 0 Å². The van der Waals surface area contributed by atoms with Crippen molar-refractivity contribution in [2.24, 2.45) is 0 Å². The average molecular weight is 462 g/mol. The highest BCUT2D eigenvalue weighted by atomic mass is 35.5. The highest BCUT2D eigenvalue weighted by Gasteiger charge is 2.34.